The fourth-order valence-electron chi connectivity index (χ4n) is 2.91. The first-order valence-corrected chi connectivity index (χ1v) is 8.44. The molecule has 1 amide bonds. The summed E-state index contributed by atoms with van der Waals surface area (Å²) in [5.74, 6) is 0.542. The maximum atomic E-state index is 13.0. The predicted octanol–water partition coefficient (Wildman–Crippen LogP) is 4.01. The van der Waals surface area contributed by atoms with Gasteiger partial charge in [-0.15, -0.1) is 0 Å². The topological polar surface area (TPSA) is 41.9 Å². The Balaban J connectivity index is 1.95. The number of carbonyl (C=O) groups is 1. The zero-order chi connectivity index (χ0) is 18.2. The van der Waals surface area contributed by atoms with Crippen molar-refractivity contribution in [3.8, 4) is 5.75 Å². The van der Waals surface area contributed by atoms with Crippen LogP contribution >= 0.6 is 12.2 Å². The minimum atomic E-state index is -0.729. The van der Waals surface area contributed by atoms with Gasteiger partial charge in [-0.3, -0.25) is 14.7 Å². The number of ether oxygens (including phenoxy) is 1. The number of aliphatic imine (C=N–C) groups is 1. The van der Waals surface area contributed by atoms with Gasteiger partial charge in [-0.05, 0) is 51.1 Å². The van der Waals surface area contributed by atoms with Gasteiger partial charge in [-0.2, -0.15) is 0 Å². The van der Waals surface area contributed by atoms with Crippen molar-refractivity contribution in [2.75, 3.05) is 7.11 Å². The van der Waals surface area contributed by atoms with E-state index in [-0.39, 0.29) is 5.91 Å². The molecule has 25 heavy (non-hydrogen) atoms. The molecule has 3 rings (SSSR count). The first-order valence-electron chi connectivity index (χ1n) is 8.03. The number of rotatable bonds is 3. The van der Waals surface area contributed by atoms with Gasteiger partial charge in [0.1, 0.15) is 22.1 Å². The highest BCUT2D eigenvalue weighted by atomic mass is 32.1. The van der Waals surface area contributed by atoms with E-state index >= 15 is 0 Å². The second-order valence-corrected chi connectivity index (χ2v) is 6.89. The summed E-state index contributed by atoms with van der Waals surface area (Å²) in [4.78, 5) is 19.8. The van der Waals surface area contributed by atoms with Crippen molar-refractivity contribution in [2.45, 2.75) is 26.4 Å². The van der Waals surface area contributed by atoms with E-state index in [0.29, 0.717) is 22.0 Å². The number of hydrogen-bond donors (Lipinski definition) is 0. The van der Waals surface area contributed by atoms with Gasteiger partial charge >= 0.3 is 0 Å². The van der Waals surface area contributed by atoms with Gasteiger partial charge in [0.25, 0.3) is 5.91 Å². The molecule has 0 N–H and O–H groups in total. The fourth-order valence-corrected chi connectivity index (χ4v) is 3.38. The SMILES string of the molecule is COc1ccc(C(=O)N2C(=S)C(c3cccc(C)c3)=NC2(C)C)cc1. The fraction of sp³-hybridized carbons (Fsp3) is 0.250. The first-order chi connectivity index (χ1) is 11.8. The van der Waals surface area contributed by atoms with Crippen LogP contribution in [-0.4, -0.2) is 34.3 Å². The van der Waals surface area contributed by atoms with E-state index in [1.807, 2.05) is 45.0 Å². The molecule has 128 valence electrons. The molecule has 0 atom stereocenters. The van der Waals surface area contributed by atoms with Gasteiger partial charge in [0.2, 0.25) is 0 Å². The van der Waals surface area contributed by atoms with Crippen LogP contribution in [0.5, 0.6) is 5.75 Å². The summed E-state index contributed by atoms with van der Waals surface area (Å²) in [6.45, 7) is 5.81. The van der Waals surface area contributed by atoms with E-state index in [4.69, 9.17) is 21.9 Å². The van der Waals surface area contributed by atoms with Crippen LogP contribution in [0.2, 0.25) is 0 Å². The molecule has 1 aliphatic heterocycles. The van der Waals surface area contributed by atoms with Crippen LogP contribution in [0.3, 0.4) is 0 Å². The largest absolute Gasteiger partial charge is 0.497 e. The lowest BCUT2D eigenvalue weighted by atomic mass is 10.1. The van der Waals surface area contributed by atoms with Crippen molar-refractivity contribution in [1.29, 1.82) is 0 Å². The van der Waals surface area contributed by atoms with Gasteiger partial charge in [-0.25, -0.2) is 0 Å². The molecule has 0 bridgehead atoms. The molecule has 5 heteroatoms. The Hall–Kier alpha value is -2.53. The van der Waals surface area contributed by atoms with Crippen LogP contribution in [0.15, 0.2) is 53.5 Å². The molecule has 0 unspecified atom stereocenters. The van der Waals surface area contributed by atoms with Crippen molar-refractivity contribution >= 4 is 28.8 Å². The lowest BCUT2D eigenvalue weighted by Crippen LogP contribution is -2.46. The minimum Gasteiger partial charge on any atom is -0.497 e. The molecule has 1 heterocycles. The highest BCUT2D eigenvalue weighted by Crippen LogP contribution is 2.29. The maximum absolute atomic E-state index is 13.0. The molecule has 2 aromatic carbocycles. The molecule has 2 aromatic rings. The normalized spacial score (nSPS) is 15.9. The summed E-state index contributed by atoms with van der Waals surface area (Å²) in [6.07, 6.45) is 0. The highest BCUT2D eigenvalue weighted by molar-refractivity contribution is 7.82. The Morgan fingerprint density at radius 1 is 1.16 bits per heavy atom. The zero-order valence-electron chi connectivity index (χ0n) is 14.7. The summed E-state index contributed by atoms with van der Waals surface area (Å²) in [7, 11) is 1.59. The second kappa shape index (κ2) is 6.41. The van der Waals surface area contributed by atoms with E-state index in [2.05, 4.69) is 0 Å². The molecule has 0 saturated carbocycles. The number of methoxy groups -OCH3 is 1. The lowest BCUT2D eigenvalue weighted by Gasteiger charge is -2.29. The number of carbonyl (C=O) groups excluding carboxylic acids is 1. The molecule has 0 aromatic heterocycles. The van der Waals surface area contributed by atoms with E-state index in [9.17, 15) is 4.79 Å². The molecule has 0 fully saturated rings. The maximum Gasteiger partial charge on any atom is 0.260 e. The summed E-state index contributed by atoms with van der Waals surface area (Å²) in [5, 5.41) is 0. The Morgan fingerprint density at radius 3 is 2.44 bits per heavy atom. The number of thiocarbonyl (C=S) groups is 1. The van der Waals surface area contributed by atoms with Crippen molar-refractivity contribution in [1.82, 2.24) is 4.90 Å². The van der Waals surface area contributed by atoms with Crippen molar-refractivity contribution in [3.05, 3.63) is 65.2 Å². The average molecular weight is 352 g/mol. The van der Waals surface area contributed by atoms with E-state index in [0.717, 1.165) is 11.1 Å². The van der Waals surface area contributed by atoms with E-state index in [1.54, 1.807) is 36.3 Å². The highest BCUT2D eigenvalue weighted by Gasteiger charge is 2.42. The molecule has 0 spiro atoms. The number of aryl methyl sites for hydroxylation is 1. The third-order valence-electron chi connectivity index (χ3n) is 4.17. The van der Waals surface area contributed by atoms with Crippen LogP contribution in [0.1, 0.15) is 35.3 Å². The third-order valence-corrected chi connectivity index (χ3v) is 4.55. The van der Waals surface area contributed by atoms with Crippen molar-refractivity contribution < 1.29 is 9.53 Å². The van der Waals surface area contributed by atoms with E-state index in [1.165, 1.54) is 0 Å². The molecule has 1 aliphatic rings. The number of hydrogen-bond acceptors (Lipinski definition) is 4. The minimum absolute atomic E-state index is 0.163. The van der Waals surface area contributed by atoms with Gasteiger partial charge < -0.3 is 4.74 Å². The first kappa shape index (κ1) is 17.3. The van der Waals surface area contributed by atoms with Gasteiger partial charge in [0, 0.05) is 11.1 Å². The number of amides is 1. The third kappa shape index (κ3) is 3.20. The van der Waals surface area contributed by atoms with Gasteiger partial charge in [0.05, 0.1) is 7.11 Å². The molecule has 4 nitrogen and oxygen atoms in total. The molecule has 0 aliphatic carbocycles. The van der Waals surface area contributed by atoms with E-state index < -0.39 is 5.66 Å². The Labute approximate surface area is 153 Å². The van der Waals surface area contributed by atoms with Crippen LogP contribution < -0.4 is 4.74 Å². The summed E-state index contributed by atoms with van der Waals surface area (Å²) in [6, 6.07) is 15.0. The molecular formula is C20H20N2O2S. The number of nitrogens with zero attached hydrogens (tertiary/aromatic N) is 2. The summed E-state index contributed by atoms with van der Waals surface area (Å²) in [5.41, 5.74) is 2.57. The van der Waals surface area contributed by atoms with Gasteiger partial charge in [0.15, 0.2) is 0 Å². The Morgan fingerprint density at radius 2 is 1.84 bits per heavy atom. The monoisotopic (exact) mass is 352 g/mol. The average Bonchev–Trinajstić information content (AvgIpc) is 2.83. The van der Waals surface area contributed by atoms with Crippen LogP contribution in [0.25, 0.3) is 0 Å². The van der Waals surface area contributed by atoms with Crippen LogP contribution in [-0.2, 0) is 0 Å². The van der Waals surface area contributed by atoms with Crippen molar-refractivity contribution in [2.24, 2.45) is 4.99 Å². The van der Waals surface area contributed by atoms with Crippen LogP contribution in [0, 0.1) is 6.92 Å². The second-order valence-electron chi connectivity index (χ2n) is 6.50. The Bertz CT molecular complexity index is 870. The predicted molar refractivity (Wildman–Crippen MR) is 104 cm³/mol. The smallest absolute Gasteiger partial charge is 0.260 e. The lowest BCUT2D eigenvalue weighted by molar-refractivity contribution is 0.0758. The zero-order valence-corrected chi connectivity index (χ0v) is 15.6. The van der Waals surface area contributed by atoms with Gasteiger partial charge in [-0.1, -0.05) is 36.0 Å². The Kier molecular flexibility index (Phi) is 4.43. The molecular weight excluding hydrogens is 332 g/mol. The molecule has 0 radical (unpaired) electrons. The summed E-state index contributed by atoms with van der Waals surface area (Å²) < 4.78 is 5.15. The van der Waals surface area contributed by atoms with Crippen LogP contribution in [0.4, 0.5) is 0 Å². The quantitative estimate of drug-likeness (QED) is 0.784. The summed E-state index contributed by atoms with van der Waals surface area (Å²) >= 11 is 5.61. The number of benzene rings is 2. The molecule has 0 saturated heterocycles. The standard InChI is InChI=1S/C20H20N2O2S/c1-13-6-5-7-15(12-13)17-19(25)22(20(2,3)21-17)18(23)14-8-10-16(24-4)11-9-14/h5-12H,1-4H3. The van der Waals surface area contributed by atoms with Crippen molar-refractivity contribution in [3.63, 3.8) is 0 Å².